The third-order valence-electron chi connectivity index (χ3n) is 6.00. The molecule has 1 saturated heterocycles. The fraction of sp³-hybridized carbons (Fsp3) is 0.826. The minimum atomic E-state index is -0.416. The molecule has 0 unspecified atom stereocenters. The van der Waals surface area contributed by atoms with Gasteiger partial charge in [0.1, 0.15) is 12.2 Å². The van der Waals surface area contributed by atoms with Crippen molar-refractivity contribution < 1.29 is 23.8 Å². The molecule has 0 radical (unpaired) electrons. The molecule has 2 aliphatic rings. The van der Waals surface area contributed by atoms with E-state index < -0.39 is 6.10 Å². The molecule has 5 heteroatoms. The number of rotatable bonds is 8. The first-order chi connectivity index (χ1) is 12.9. The van der Waals surface area contributed by atoms with E-state index in [4.69, 9.17) is 14.2 Å². The number of carbonyl (C=O) groups excluding carboxylic acids is 2. The molecule has 2 fully saturated rings. The number of carbonyl (C=O) groups is 2. The third kappa shape index (κ3) is 5.82. The van der Waals surface area contributed by atoms with E-state index in [1.165, 1.54) is 0 Å². The fourth-order valence-corrected chi connectivity index (χ4v) is 3.82. The second kappa shape index (κ2) is 8.98. The van der Waals surface area contributed by atoms with Crippen molar-refractivity contribution in [2.45, 2.75) is 98.1 Å². The average molecular weight is 395 g/mol. The first-order valence-electron chi connectivity index (χ1n) is 10.7. The van der Waals surface area contributed by atoms with E-state index in [0.29, 0.717) is 12.3 Å². The lowest BCUT2D eigenvalue weighted by atomic mass is 9.75. The van der Waals surface area contributed by atoms with Crippen molar-refractivity contribution in [3.05, 3.63) is 12.2 Å². The Morgan fingerprint density at radius 3 is 2.18 bits per heavy atom. The van der Waals surface area contributed by atoms with Crippen LogP contribution in [0.3, 0.4) is 0 Å². The van der Waals surface area contributed by atoms with Crippen molar-refractivity contribution in [1.29, 1.82) is 0 Å². The molecule has 0 aromatic heterocycles. The molecule has 0 bridgehead atoms. The number of hydrogen-bond acceptors (Lipinski definition) is 5. The van der Waals surface area contributed by atoms with Gasteiger partial charge in [-0.25, -0.2) is 0 Å². The lowest BCUT2D eigenvalue weighted by molar-refractivity contribution is -0.159. The van der Waals surface area contributed by atoms with Gasteiger partial charge in [0.25, 0.3) is 0 Å². The molecule has 0 spiro atoms. The van der Waals surface area contributed by atoms with Gasteiger partial charge in [-0.1, -0.05) is 41.2 Å². The second-order valence-corrected chi connectivity index (χ2v) is 9.76. The monoisotopic (exact) mass is 394 g/mol. The van der Waals surface area contributed by atoms with E-state index in [2.05, 4.69) is 13.5 Å². The molecular formula is C23H38O5. The Hall–Kier alpha value is -1.36. The maximum Gasteiger partial charge on any atom is 0.308 e. The van der Waals surface area contributed by atoms with Crippen molar-refractivity contribution in [2.75, 3.05) is 0 Å². The summed E-state index contributed by atoms with van der Waals surface area (Å²) < 4.78 is 17.4. The molecule has 0 aromatic rings. The number of ether oxygens (including phenoxy) is 3. The van der Waals surface area contributed by atoms with Crippen LogP contribution in [0.1, 0.15) is 74.1 Å². The first kappa shape index (κ1) is 22.9. The van der Waals surface area contributed by atoms with E-state index in [0.717, 1.165) is 24.8 Å². The van der Waals surface area contributed by atoms with Gasteiger partial charge in [0.2, 0.25) is 0 Å². The molecule has 1 aliphatic carbocycles. The Morgan fingerprint density at radius 1 is 1.11 bits per heavy atom. The van der Waals surface area contributed by atoms with Crippen molar-refractivity contribution >= 4 is 11.9 Å². The summed E-state index contributed by atoms with van der Waals surface area (Å²) in [6.07, 6.45) is 2.78. The minimum Gasteiger partial charge on any atom is -0.462 e. The van der Waals surface area contributed by atoms with Crippen LogP contribution in [0.25, 0.3) is 0 Å². The van der Waals surface area contributed by atoms with Crippen molar-refractivity contribution in [3.63, 3.8) is 0 Å². The molecule has 1 heterocycles. The normalized spacial score (nSPS) is 30.0. The van der Waals surface area contributed by atoms with Crippen molar-refractivity contribution in [1.82, 2.24) is 0 Å². The Kier molecular flexibility index (Phi) is 7.35. The summed E-state index contributed by atoms with van der Waals surface area (Å²) in [4.78, 5) is 24.6. The lowest BCUT2D eigenvalue weighted by Gasteiger charge is -2.38. The lowest BCUT2D eigenvalue weighted by Crippen LogP contribution is -2.39. The quantitative estimate of drug-likeness (QED) is 0.340. The molecule has 0 amide bonds. The molecule has 2 rings (SSSR count). The Morgan fingerprint density at radius 2 is 1.68 bits per heavy atom. The van der Waals surface area contributed by atoms with Crippen molar-refractivity contribution in [3.8, 4) is 0 Å². The predicted octanol–water partition coefficient (Wildman–Crippen LogP) is 4.68. The van der Waals surface area contributed by atoms with Gasteiger partial charge in [0, 0.05) is 12.3 Å². The van der Waals surface area contributed by atoms with E-state index in [-0.39, 0.29) is 47.5 Å². The molecule has 1 saturated carbocycles. The highest BCUT2D eigenvalue weighted by Gasteiger charge is 2.50. The molecule has 160 valence electrons. The van der Waals surface area contributed by atoms with Crippen LogP contribution >= 0.6 is 0 Å². The van der Waals surface area contributed by atoms with Gasteiger partial charge in [0.15, 0.2) is 0 Å². The zero-order valence-electron chi connectivity index (χ0n) is 18.6. The summed E-state index contributed by atoms with van der Waals surface area (Å²) in [5.74, 6) is -0.281. The largest absolute Gasteiger partial charge is 0.462 e. The zero-order valence-corrected chi connectivity index (χ0v) is 18.6. The van der Waals surface area contributed by atoms with Crippen LogP contribution in [0.15, 0.2) is 12.2 Å². The Bertz CT molecular complexity index is 592. The molecular weight excluding hydrogens is 356 g/mol. The predicted molar refractivity (Wildman–Crippen MR) is 109 cm³/mol. The van der Waals surface area contributed by atoms with Gasteiger partial charge >= 0.3 is 11.9 Å². The highest BCUT2D eigenvalue weighted by molar-refractivity contribution is 5.72. The van der Waals surface area contributed by atoms with E-state index >= 15 is 0 Å². The highest BCUT2D eigenvalue weighted by atomic mass is 16.6. The van der Waals surface area contributed by atoms with Crippen LogP contribution in [0, 0.1) is 23.7 Å². The van der Waals surface area contributed by atoms with Gasteiger partial charge in [-0.15, -0.1) is 0 Å². The summed E-state index contributed by atoms with van der Waals surface area (Å²) in [5, 5.41) is 0. The van der Waals surface area contributed by atoms with E-state index in [9.17, 15) is 9.59 Å². The first-order valence-corrected chi connectivity index (χ1v) is 10.7. The molecule has 1 aliphatic heterocycles. The van der Waals surface area contributed by atoms with Gasteiger partial charge in [-0.3, -0.25) is 9.59 Å². The summed E-state index contributed by atoms with van der Waals surface area (Å²) >= 11 is 0. The smallest absolute Gasteiger partial charge is 0.308 e. The molecule has 5 nitrogen and oxygen atoms in total. The third-order valence-corrected chi connectivity index (χ3v) is 6.00. The number of epoxide rings is 1. The summed E-state index contributed by atoms with van der Waals surface area (Å²) in [6.45, 7) is 17.9. The van der Waals surface area contributed by atoms with Gasteiger partial charge < -0.3 is 14.2 Å². The zero-order chi connectivity index (χ0) is 21.2. The molecule has 0 N–H and O–H groups in total. The van der Waals surface area contributed by atoms with Crippen LogP contribution in [0.5, 0.6) is 0 Å². The molecule has 5 atom stereocenters. The van der Waals surface area contributed by atoms with Gasteiger partial charge in [-0.05, 0) is 44.6 Å². The number of hydrogen-bond donors (Lipinski definition) is 0. The van der Waals surface area contributed by atoms with E-state index in [1.807, 2.05) is 41.5 Å². The molecule has 0 aromatic carbocycles. The van der Waals surface area contributed by atoms with Crippen LogP contribution in [0.2, 0.25) is 0 Å². The highest BCUT2D eigenvalue weighted by Crippen LogP contribution is 2.43. The standard InChI is InChI=1S/C23H38O5/c1-13(2)21(24)26-18(12-20-23(7,8)28-20)16(6)17-10-9-15(5)11-19(17)27-22(25)14(3)4/h13-15,17-20H,6,9-12H2,1-5,7-8H3/t15-,17+,18-,19-,20-/m1/s1. The van der Waals surface area contributed by atoms with Crippen LogP contribution in [-0.2, 0) is 23.8 Å². The Balaban J connectivity index is 2.16. The maximum atomic E-state index is 12.3. The SMILES string of the molecule is C=C([C@@H](C[C@H]1OC1(C)C)OC(=O)C(C)C)[C@@H]1CC[C@@H](C)C[C@H]1OC(=O)C(C)C. The summed E-state index contributed by atoms with van der Waals surface area (Å²) in [5.41, 5.74) is 0.668. The van der Waals surface area contributed by atoms with Gasteiger partial charge in [-0.2, -0.15) is 0 Å². The Labute approximate surface area is 170 Å². The topological polar surface area (TPSA) is 65.1 Å². The minimum absolute atomic E-state index is 0.00530. The van der Waals surface area contributed by atoms with E-state index in [1.54, 1.807) is 0 Å². The maximum absolute atomic E-state index is 12.3. The summed E-state index contributed by atoms with van der Waals surface area (Å²) in [6, 6.07) is 0. The number of esters is 2. The molecule has 28 heavy (non-hydrogen) atoms. The van der Waals surface area contributed by atoms with Crippen LogP contribution < -0.4 is 0 Å². The van der Waals surface area contributed by atoms with Crippen LogP contribution in [-0.4, -0.2) is 35.9 Å². The van der Waals surface area contributed by atoms with Gasteiger partial charge in [0.05, 0.1) is 23.5 Å². The van der Waals surface area contributed by atoms with Crippen molar-refractivity contribution in [2.24, 2.45) is 23.7 Å². The second-order valence-electron chi connectivity index (χ2n) is 9.76. The fourth-order valence-electron chi connectivity index (χ4n) is 3.82. The summed E-state index contributed by atoms with van der Waals surface area (Å²) in [7, 11) is 0. The average Bonchev–Trinajstić information content (AvgIpc) is 3.19. The van der Waals surface area contributed by atoms with Crippen LogP contribution in [0.4, 0.5) is 0 Å².